The number of carbonyl (C=O) groups excluding carboxylic acids is 1. The lowest BCUT2D eigenvalue weighted by molar-refractivity contribution is 0.0940. The highest BCUT2D eigenvalue weighted by Gasteiger charge is 2.13. The predicted molar refractivity (Wildman–Crippen MR) is 105 cm³/mol. The van der Waals surface area contributed by atoms with Gasteiger partial charge in [0, 0.05) is 5.56 Å². The Morgan fingerprint density at radius 3 is 2.19 bits per heavy atom. The minimum absolute atomic E-state index is 0.171. The molecule has 0 fully saturated rings. The van der Waals surface area contributed by atoms with Crippen molar-refractivity contribution >= 4 is 29.1 Å². The van der Waals surface area contributed by atoms with Gasteiger partial charge >= 0.3 is 0 Å². The Morgan fingerprint density at radius 2 is 1.54 bits per heavy atom. The van der Waals surface area contributed by atoms with E-state index in [0.29, 0.717) is 21.4 Å². The number of carbonyl (C=O) groups is 1. The third-order valence-corrected chi connectivity index (χ3v) is 4.63. The Balaban J connectivity index is 1.65. The van der Waals surface area contributed by atoms with Crippen LogP contribution in [0.4, 0.5) is 0 Å². The first-order valence-corrected chi connectivity index (χ1v) is 8.87. The molecule has 3 nitrogen and oxygen atoms in total. The SMILES string of the molecule is CC(NC(=O)c1ccc(Oc2ccccc2)cc1)c1ccc(Cl)c(Cl)c1. The fourth-order valence-electron chi connectivity index (χ4n) is 2.44. The van der Waals surface area contributed by atoms with Gasteiger partial charge in [-0.25, -0.2) is 0 Å². The number of para-hydroxylation sites is 1. The molecule has 26 heavy (non-hydrogen) atoms. The van der Waals surface area contributed by atoms with E-state index >= 15 is 0 Å². The van der Waals surface area contributed by atoms with E-state index in [1.165, 1.54) is 0 Å². The molecule has 1 N–H and O–H groups in total. The van der Waals surface area contributed by atoms with Gasteiger partial charge in [-0.15, -0.1) is 0 Å². The predicted octanol–water partition coefficient (Wildman–Crippen LogP) is 6.28. The van der Waals surface area contributed by atoms with Crippen molar-refractivity contribution in [3.8, 4) is 11.5 Å². The molecule has 0 saturated heterocycles. The van der Waals surface area contributed by atoms with Crippen molar-refractivity contribution in [3.05, 3.63) is 94.0 Å². The second-order valence-corrected chi connectivity index (χ2v) is 6.62. The van der Waals surface area contributed by atoms with Crippen LogP contribution in [0.5, 0.6) is 11.5 Å². The molecule has 3 aromatic carbocycles. The number of benzene rings is 3. The normalized spacial score (nSPS) is 11.7. The minimum Gasteiger partial charge on any atom is -0.457 e. The van der Waals surface area contributed by atoms with Gasteiger partial charge in [-0.2, -0.15) is 0 Å². The smallest absolute Gasteiger partial charge is 0.251 e. The Bertz CT molecular complexity index is 896. The van der Waals surface area contributed by atoms with Crippen molar-refractivity contribution in [2.24, 2.45) is 0 Å². The topological polar surface area (TPSA) is 38.3 Å². The first kappa shape index (κ1) is 18.3. The Labute approximate surface area is 162 Å². The zero-order valence-electron chi connectivity index (χ0n) is 14.1. The van der Waals surface area contributed by atoms with Gasteiger partial charge in [0.05, 0.1) is 16.1 Å². The van der Waals surface area contributed by atoms with Gasteiger partial charge in [0.25, 0.3) is 5.91 Å². The molecule has 132 valence electrons. The Hall–Kier alpha value is -2.49. The Morgan fingerprint density at radius 1 is 0.885 bits per heavy atom. The molecule has 0 aliphatic carbocycles. The fourth-order valence-corrected chi connectivity index (χ4v) is 2.75. The molecule has 0 bridgehead atoms. The highest BCUT2D eigenvalue weighted by molar-refractivity contribution is 6.42. The van der Waals surface area contributed by atoms with Crippen molar-refractivity contribution < 1.29 is 9.53 Å². The molecule has 0 heterocycles. The fraction of sp³-hybridized carbons (Fsp3) is 0.0952. The quantitative estimate of drug-likeness (QED) is 0.561. The first-order valence-electron chi connectivity index (χ1n) is 8.12. The summed E-state index contributed by atoms with van der Waals surface area (Å²) < 4.78 is 5.73. The maximum absolute atomic E-state index is 12.4. The van der Waals surface area contributed by atoms with Gasteiger partial charge in [-0.05, 0) is 61.0 Å². The summed E-state index contributed by atoms with van der Waals surface area (Å²) in [6.45, 7) is 1.89. The summed E-state index contributed by atoms with van der Waals surface area (Å²) in [5, 5.41) is 3.90. The molecule has 0 aliphatic heterocycles. The number of hydrogen-bond acceptors (Lipinski definition) is 2. The third kappa shape index (κ3) is 4.57. The van der Waals surface area contributed by atoms with Gasteiger partial charge in [0.1, 0.15) is 11.5 Å². The highest BCUT2D eigenvalue weighted by atomic mass is 35.5. The number of halogens is 2. The summed E-state index contributed by atoms with van der Waals surface area (Å²) in [4.78, 5) is 12.4. The van der Waals surface area contributed by atoms with E-state index in [2.05, 4.69) is 5.32 Å². The molecule has 5 heteroatoms. The average molecular weight is 386 g/mol. The van der Waals surface area contributed by atoms with Crippen LogP contribution in [-0.2, 0) is 0 Å². The van der Waals surface area contributed by atoms with Crippen LogP contribution in [-0.4, -0.2) is 5.91 Å². The highest BCUT2D eigenvalue weighted by Crippen LogP contribution is 2.26. The molecular formula is C21H17Cl2NO2. The van der Waals surface area contributed by atoms with Crippen LogP contribution in [0, 0.1) is 0 Å². The lowest BCUT2D eigenvalue weighted by Gasteiger charge is -2.15. The van der Waals surface area contributed by atoms with Crippen molar-refractivity contribution in [2.45, 2.75) is 13.0 Å². The van der Waals surface area contributed by atoms with Crippen molar-refractivity contribution in [2.75, 3.05) is 0 Å². The van der Waals surface area contributed by atoms with E-state index in [9.17, 15) is 4.79 Å². The van der Waals surface area contributed by atoms with Crippen LogP contribution in [0.2, 0.25) is 10.0 Å². The van der Waals surface area contributed by atoms with E-state index in [1.807, 2.05) is 43.3 Å². The maximum atomic E-state index is 12.4. The van der Waals surface area contributed by atoms with Crippen LogP contribution < -0.4 is 10.1 Å². The molecule has 1 amide bonds. The van der Waals surface area contributed by atoms with E-state index in [-0.39, 0.29) is 11.9 Å². The maximum Gasteiger partial charge on any atom is 0.251 e. The van der Waals surface area contributed by atoms with E-state index in [4.69, 9.17) is 27.9 Å². The summed E-state index contributed by atoms with van der Waals surface area (Å²) >= 11 is 12.0. The second-order valence-electron chi connectivity index (χ2n) is 5.81. The van der Waals surface area contributed by atoms with Crippen LogP contribution in [0.3, 0.4) is 0 Å². The lowest BCUT2D eigenvalue weighted by atomic mass is 10.1. The van der Waals surface area contributed by atoms with E-state index in [1.54, 1.807) is 36.4 Å². The van der Waals surface area contributed by atoms with Gasteiger partial charge in [0.2, 0.25) is 0 Å². The minimum atomic E-state index is -0.197. The zero-order chi connectivity index (χ0) is 18.5. The lowest BCUT2D eigenvalue weighted by Crippen LogP contribution is -2.26. The Kier molecular flexibility index (Phi) is 5.82. The van der Waals surface area contributed by atoms with E-state index in [0.717, 1.165) is 11.3 Å². The molecular weight excluding hydrogens is 369 g/mol. The van der Waals surface area contributed by atoms with Crippen LogP contribution in [0.1, 0.15) is 28.9 Å². The monoisotopic (exact) mass is 385 g/mol. The molecule has 0 spiro atoms. The van der Waals surface area contributed by atoms with Gasteiger partial charge < -0.3 is 10.1 Å². The largest absolute Gasteiger partial charge is 0.457 e. The number of amides is 1. The third-order valence-electron chi connectivity index (χ3n) is 3.89. The number of hydrogen-bond donors (Lipinski definition) is 1. The number of rotatable bonds is 5. The molecule has 3 rings (SSSR count). The van der Waals surface area contributed by atoms with Gasteiger partial charge in [-0.3, -0.25) is 4.79 Å². The molecule has 0 aliphatic rings. The molecule has 1 unspecified atom stereocenters. The molecule has 0 radical (unpaired) electrons. The van der Waals surface area contributed by atoms with Crippen molar-refractivity contribution in [3.63, 3.8) is 0 Å². The van der Waals surface area contributed by atoms with E-state index < -0.39 is 0 Å². The summed E-state index contributed by atoms with van der Waals surface area (Å²) in [6, 6.07) is 21.6. The first-order chi connectivity index (χ1) is 12.5. The zero-order valence-corrected chi connectivity index (χ0v) is 15.6. The summed E-state index contributed by atoms with van der Waals surface area (Å²) in [5.74, 6) is 1.25. The summed E-state index contributed by atoms with van der Waals surface area (Å²) in [5.41, 5.74) is 1.44. The standard InChI is InChI=1S/C21H17Cl2NO2/c1-14(16-9-12-19(22)20(23)13-16)24-21(25)15-7-10-18(11-8-15)26-17-5-3-2-4-6-17/h2-14H,1H3,(H,24,25). The second kappa shape index (κ2) is 8.26. The van der Waals surface area contributed by atoms with Crippen LogP contribution in [0.25, 0.3) is 0 Å². The van der Waals surface area contributed by atoms with Gasteiger partial charge in [-0.1, -0.05) is 47.5 Å². The van der Waals surface area contributed by atoms with Gasteiger partial charge in [0.15, 0.2) is 0 Å². The molecule has 1 atom stereocenters. The molecule has 0 aromatic heterocycles. The summed E-state index contributed by atoms with van der Waals surface area (Å²) in [7, 11) is 0. The number of nitrogens with one attached hydrogen (secondary N) is 1. The van der Waals surface area contributed by atoms with Crippen LogP contribution >= 0.6 is 23.2 Å². The average Bonchev–Trinajstić information content (AvgIpc) is 2.65. The number of ether oxygens (including phenoxy) is 1. The van der Waals surface area contributed by atoms with Crippen molar-refractivity contribution in [1.82, 2.24) is 5.32 Å². The van der Waals surface area contributed by atoms with Crippen LogP contribution in [0.15, 0.2) is 72.8 Å². The molecule has 0 saturated carbocycles. The van der Waals surface area contributed by atoms with Crippen molar-refractivity contribution in [1.29, 1.82) is 0 Å². The summed E-state index contributed by atoms with van der Waals surface area (Å²) in [6.07, 6.45) is 0. The molecule has 3 aromatic rings.